The molecule has 0 atom stereocenters. The number of hydrogen-bond donors (Lipinski definition) is 1. The van der Waals surface area contributed by atoms with Crippen LogP contribution in [0.2, 0.25) is 0 Å². The Morgan fingerprint density at radius 3 is 2.44 bits per heavy atom. The third-order valence-electron chi connectivity index (χ3n) is 7.54. The maximum absolute atomic E-state index is 11.1. The number of nitrogens with one attached hydrogen (secondary N) is 1. The molecule has 4 nitrogen and oxygen atoms in total. The molecule has 1 saturated heterocycles. The second kappa shape index (κ2) is 8.94. The van der Waals surface area contributed by atoms with E-state index in [9.17, 15) is 4.79 Å². The van der Waals surface area contributed by atoms with Gasteiger partial charge in [0.05, 0.1) is 11.7 Å². The summed E-state index contributed by atoms with van der Waals surface area (Å²) in [6, 6.07) is 24.4. The van der Waals surface area contributed by atoms with Crippen molar-refractivity contribution < 1.29 is 4.79 Å². The second-order valence-corrected chi connectivity index (χ2v) is 9.50. The molecule has 2 heterocycles. The summed E-state index contributed by atoms with van der Waals surface area (Å²) in [6.07, 6.45) is 8.22. The highest BCUT2D eigenvalue weighted by atomic mass is 16.1. The maximum Gasteiger partial charge on any atom is 0.123 e. The number of carbonyl (C=O) groups excluding carboxylic acids is 1. The monoisotopic (exact) mass is 447 g/mol. The minimum atomic E-state index is 0.219. The number of hydrogen-bond acceptors (Lipinski definition) is 3. The van der Waals surface area contributed by atoms with Gasteiger partial charge in [0.2, 0.25) is 0 Å². The molecule has 0 amide bonds. The Hall–Kier alpha value is -3.66. The van der Waals surface area contributed by atoms with E-state index in [1.54, 1.807) is 0 Å². The molecule has 0 bridgehead atoms. The molecule has 3 aromatic carbocycles. The molecule has 1 fully saturated rings. The van der Waals surface area contributed by atoms with Crippen molar-refractivity contribution in [2.45, 2.75) is 32.1 Å². The van der Waals surface area contributed by atoms with Crippen molar-refractivity contribution in [3.63, 3.8) is 0 Å². The smallest absolute Gasteiger partial charge is 0.123 e. The lowest BCUT2D eigenvalue weighted by molar-refractivity contribution is -0.111. The summed E-state index contributed by atoms with van der Waals surface area (Å²) in [5.41, 5.74) is 10.4. The van der Waals surface area contributed by atoms with Crippen LogP contribution in [0.15, 0.2) is 72.9 Å². The first-order valence-electron chi connectivity index (χ1n) is 12.4. The van der Waals surface area contributed by atoms with Crippen molar-refractivity contribution in [1.82, 2.24) is 10.2 Å². The Kier molecular flexibility index (Phi) is 5.50. The summed E-state index contributed by atoms with van der Waals surface area (Å²) in [5.74, 6) is 0.219. The van der Waals surface area contributed by atoms with E-state index in [2.05, 4.69) is 81.8 Å². The van der Waals surface area contributed by atoms with Crippen LogP contribution in [0.25, 0.3) is 22.0 Å². The molecule has 0 radical (unpaired) electrons. The first-order valence-corrected chi connectivity index (χ1v) is 12.4. The number of aryl methyl sites for hydroxylation is 1. The lowest BCUT2D eigenvalue weighted by Crippen LogP contribution is -2.34. The predicted molar refractivity (Wildman–Crippen MR) is 139 cm³/mol. The van der Waals surface area contributed by atoms with Crippen molar-refractivity contribution in [2.24, 2.45) is 5.92 Å². The van der Waals surface area contributed by atoms with Crippen LogP contribution in [-0.4, -0.2) is 29.6 Å². The molecule has 4 aromatic rings. The van der Waals surface area contributed by atoms with E-state index in [0.717, 1.165) is 57.0 Å². The van der Waals surface area contributed by atoms with Crippen LogP contribution in [0.4, 0.5) is 5.69 Å². The van der Waals surface area contributed by atoms with Crippen molar-refractivity contribution >= 4 is 34.0 Å². The molecule has 0 saturated carbocycles. The Morgan fingerprint density at radius 2 is 1.68 bits per heavy atom. The third kappa shape index (κ3) is 3.73. The number of rotatable bonds is 4. The molecule has 1 aromatic heterocycles. The van der Waals surface area contributed by atoms with Gasteiger partial charge < -0.3 is 9.69 Å². The first-order chi connectivity index (χ1) is 16.8. The Balaban J connectivity index is 1.46. The lowest BCUT2D eigenvalue weighted by atomic mass is 9.87. The number of allylic oxidation sites excluding steroid dienone is 1. The number of carbonyl (C=O) groups is 1. The van der Waals surface area contributed by atoms with Crippen LogP contribution >= 0.6 is 0 Å². The topological polar surface area (TPSA) is 49.0 Å². The van der Waals surface area contributed by atoms with Crippen molar-refractivity contribution in [3.05, 3.63) is 95.2 Å². The Bertz CT molecular complexity index is 1340. The Labute approximate surface area is 200 Å². The highest BCUT2D eigenvalue weighted by Gasteiger charge is 2.23. The lowest BCUT2D eigenvalue weighted by Gasteiger charge is -2.31. The number of piperidine rings is 1. The zero-order valence-electron chi connectivity index (χ0n) is 19.3. The van der Waals surface area contributed by atoms with Gasteiger partial charge in [-0.1, -0.05) is 48.5 Å². The van der Waals surface area contributed by atoms with Gasteiger partial charge in [-0.2, -0.15) is 5.10 Å². The molecule has 170 valence electrons. The van der Waals surface area contributed by atoms with Crippen LogP contribution in [-0.2, 0) is 11.2 Å². The predicted octanol–water partition coefficient (Wildman–Crippen LogP) is 6.27. The Morgan fingerprint density at radius 1 is 0.882 bits per heavy atom. The van der Waals surface area contributed by atoms with Gasteiger partial charge in [0.1, 0.15) is 6.29 Å². The fourth-order valence-electron chi connectivity index (χ4n) is 5.70. The van der Waals surface area contributed by atoms with Crippen LogP contribution in [0, 0.1) is 5.92 Å². The van der Waals surface area contributed by atoms with Crippen molar-refractivity contribution in [1.29, 1.82) is 0 Å². The van der Waals surface area contributed by atoms with Gasteiger partial charge in [-0.15, -0.1) is 0 Å². The fraction of sp³-hybridized carbons (Fsp3) is 0.267. The van der Waals surface area contributed by atoms with Gasteiger partial charge >= 0.3 is 0 Å². The van der Waals surface area contributed by atoms with E-state index in [1.165, 1.54) is 44.5 Å². The van der Waals surface area contributed by atoms with Crippen LogP contribution in [0.3, 0.4) is 0 Å². The molecule has 0 spiro atoms. The molecule has 4 heteroatoms. The molecule has 1 N–H and O–H groups in total. The number of aldehydes is 1. The van der Waals surface area contributed by atoms with Crippen molar-refractivity contribution in [3.8, 4) is 0 Å². The normalized spacial score (nSPS) is 17.0. The van der Waals surface area contributed by atoms with E-state index >= 15 is 0 Å². The van der Waals surface area contributed by atoms with Gasteiger partial charge in [-0.05, 0) is 83.7 Å². The van der Waals surface area contributed by atoms with E-state index in [-0.39, 0.29) is 5.92 Å². The van der Waals surface area contributed by atoms with E-state index < -0.39 is 0 Å². The summed E-state index contributed by atoms with van der Waals surface area (Å²) in [6.45, 7) is 1.89. The maximum atomic E-state index is 11.1. The van der Waals surface area contributed by atoms with E-state index in [4.69, 9.17) is 0 Å². The number of H-pyrrole nitrogens is 1. The fourth-order valence-corrected chi connectivity index (χ4v) is 5.70. The largest absolute Gasteiger partial charge is 0.371 e. The van der Waals surface area contributed by atoms with E-state index in [1.807, 2.05) is 6.20 Å². The standard InChI is InChI=1S/C30H29N3O/c34-20-21-15-17-33(18-16-21)24-11-9-23(10-12-24)30-25(22-5-2-1-3-6-22)7-4-8-26-27(30)13-14-29-28(26)19-31-32-29/h1-3,5-6,9-14,19-21H,4,7-8,15-18H2,(H,31,32). The molecule has 1 aliphatic heterocycles. The highest BCUT2D eigenvalue weighted by molar-refractivity contribution is 6.02. The average Bonchev–Trinajstić information content (AvgIpc) is 3.30. The van der Waals surface area contributed by atoms with Crippen LogP contribution < -0.4 is 4.90 Å². The summed E-state index contributed by atoms with van der Waals surface area (Å²) in [4.78, 5) is 13.5. The molecular formula is C30H29N3O. The first kappa shape index (κ1) is 20.9. The van der Waals surface area contributed by atoms with Crippen LogP contribution in [0.1, 0.15) is 47.9 Å². The summed E-state index contributed by atoms with van der Waals surface area (Å²) < 4.78 is 0. The van der Waals surface area contributed by atoms with Gasteiger partial charge in [0.25, 0.3) is 0 Å². The second-order valence-electron chi connectivity index (χ2n) is 9.50. The molecular weight excluding hydrogens is 418 g/mol. The van der Waals surface area contributed by atoms with Crippen LogP contribution in [0.5, 0.6) is 0 Å². The summed E-state index contributed by atoms with van der Waals surface area (Å²) in [7, 11) is 0. The van der Waals surface area contributed by atoms with Gasteiger partial charge in [0.15, 0.2) is 0 Å². The summed E-state index contributed by atoms with van der Waals surface area (Å²) >= 11 is 0. The minimum absolute atomic E-state index is 0.219. The summed E-state index contributed by atoms with van der Waals surface area (Å²) in [5, 5.41) is 8.70. The zero-order valence-corrected chi connectivity index (χ0v) is 19.3. The molecule has 34 heavy (non-hydrogen) atoms. The average molecular weight is 448 g/mol. The van der Waals surface area contributed by atoms with E-state index in [0.29, 0.717) is 0 Å². The molecule has 6 rings (SSSR count). The molecule has 1 aliphatic carbocycles. The number of anilines is 1. The number of aromatic amines is 1. The number of benzene rings is 3. The molecule has 0 unspecified atom stereocenters. The van der Waals surface area contributed by atoms with Gasteiger partial charge in [0, 0.05) is 30.1 Å². The van der Waals surface area contributed by atoms with Crippen molar-refractivity contribution in [2.75, 3.05) is 18.0 Å². The minimum Gasteiger partial charge on any atom is -0.371 e. The zero-order chi connectivity index (χ0) is 22.9. The third-order valence-corrected chi connectivity index (χ3v) is 7.54. The SMILES string of the molecule is O=CC1CCN(c2ccc(C3=C(c4ccccc4)CCCc4c3ccc3[nH]ncc43)cc2)CC1. The number of nitrogens with zero attached hydrogens (tertiary/aromatic N) is 2. The van der Waals surface area contributed by atoms with Gasteiger partial charge in [-0.25, -0.2) is 0 Å². The quantitative estimate of drug-likeness (QED) is 0.375. The molecule has 2 aliphatic rings. The number of aromatic nitrogens is 2. The van der Waals surface area contributed by atoms with Gasteiger partial charge in [-0.3, -0.25) is 5.10 Å². The number of fused-ring (bicyclic) bond motifs is 3. The highest BCUT2D eigenvalue weighted by Crippen LogP contribution is 2.42.